The summed E-state index contributed by atoms with van der Waals surface area (Å²) in [5.74, 6) is 1.39. The molecule has 230 valence electrons. The van der Waals surface area contributed by atoms with Crippen LogP contribution >= 0.6 is 0 Å². The molecule has 2 unspecified atom stereocenters. The molecule has 0 radical (unpaired) electrons. The van der Waals surface area contributed by atoms with Gasteiger partial charge in [0.05, 0.1) is 24.3 Å². The highest BCUT2D eigenvalue weighted by atomic mass is 16.6. The molecule has 2 atom stereocenters. The van der Waals surface area contributed by atoms with E-state index in [0.29, 0.717) is 18.9 Å². The standard InChI is InChI=1S/C36H53N3O3/c1-33(2,3)42-32(40)22-28-26(24-41-36(28,8)9)23-38-17-19-39(20-18-38)31-12-10-11-30(37-31)25-13-14-27-29(21-25)35(6,7)16-15-34(27,4)5/h10-14,21,26,28H,15-20,22-24H2,1-9H3. The number of fused-ring (bicyclic) bond motifs is 1. The summed E-state index contributed by atoms with van der Waals surface area (Å²) >= 11 is 0. The first-order valence-electron chi connectivity index (χ1n) is 16.0. The predicted octanol–water partition coefficient (Wildman–Crippen LogP) is 6.99. The first-order chi connectivity index (χ1) is 19.5. The zero-order valence-corrected chi connectivity index (χ0v) is 27.5. The number of carbonyl (C=O) groups is 1. The summed E-state index contributed by atoms with van der Waals surface area (Å²) in [6.45, 7) is 25.0. The van der Waals surface area contributed by atoms with Crippen molar-refractivity contribution in [3.8, 4) is 11.3 Å². The number of hydrogen-bond acceptors (Lipinski definition) is 6. The summed E-state index contributed by atoms with van der Waals surface area (Å²) in [5, 5.41) is 0. The maximum absolute atomic E-state index is 12.7. The Morgan fingerprint density at radius 1 is 0.952 bits per heavy atom. The minimum Gasteiger partial charge on any atom is -0.460 e. The average Bonchev–Trinajstić information content (AvgIpc) is 3.18. The van der Waals surface area contributed by atoms with Crippen molar-refractivity contribution in [2.45, 2.75) is 104 Å². The highest BCUT2D eigenvalue weighted by Crippen LogP contribution is 2.47. The molecule has 0 N–H and O–H groups in total. The average molecular weight is 576 g/mol. The van der Waals surface area contributed by atoms with Gasteiger partial charge in [-0.3, -0.25) is 9.69 Å². The molecule has 0 amide bonds. The van der Waals surface area contributed by atoms with E-state index in [-0.39, 0.29) is 28.3 Å². The third-order valence-electron chi connectivity index (χ3n) is 10.0. The number of aromatic nitrogens is 1. The van der Waals surface area contributed by atoms with Gasteiger partial charge in [-0.2, -0.15) is 0 Å². The number of nitrogens with zero attached hydrogens (tertiary/aromatic N) is 3. The first-order valence-corrected chi connectivity index (χ1v) is 16.0. The van der Waals surface area contributed by atoms with E-state index in [1.54, 1.807) is 0 Å². The Morgan fingerprint density at radius 2 is 1.62 bits per heavy atom. The maximum atomic E-state index is 12.7. The van der Waals surface area contributed by atoms with Gasteiger partial charge in [0, 0.05) is 50.1 Å². The van der Waals surface area contributed by atoms with Crippen LogP contribution in [0, 0.1) is 11.8 Å². The number of ether oxygens (including phenoxy) is 2. The van der Waals surface area contributed by atoms with E-state index < -0.39 is 5.60 Å². The number of piperazine rings is 1. The van der Waals surface area contributed by atoms with Gasteiger partial charge in [0.15, 0.2) is 0 Å². The molecule has 0 spiro atoms. The summed E-state index contributed by atoms with van der Waals surface area (Å²) in [6.07, 6.45) is 2.84. The summed E-state index contributed by atoms with van der Waals surface area (Å²) in [7, 11) is 0. The van der Waals surface area contributed by atoms with Crippen LogP contribution in [0.25, 0.3) is 11.3 Å². The molecule has 2 aromatic rings. The number of pyridine rings is 1. The Labute approximate surface area is 254 Å². The summed E-state index contributed by atoms with van der Waals surface area (Å²) in [6, 6.07) is 13.5. The number of anilines is 1. The lowest BCUT2D eigenvalue weighted by Crippen LogP contribution is -2.49. The minimum absolute atomic E-state index is 0.127. The molecule has 1 aromatic carbocycles. The van der Waals surface area contributed by atoms with Crippen molar-refractivity contribution >= 4 is 11.8 Å². The Kier molecular flexibility index (Phi) is 8.30. The second-order valence-corrected chi connectivity index (χ2v) is 15.8. The van der Waals surface area contributed by atoms with Gasteiger partial charge in [-0.05, 0) is 87.6 Å². The maximum Gasteiger partial charge on any atom is 0.306 e. The minimum atomic E-state index is -0.467. The highest BCUT2D eigenvalue weighted by Gasteiger charge is 2.45. The molecule has 0 bridgehead atoms. The molecule has 42 heavy (non-hydrogen) atoms. The first kappa shape index (κ1) is 31.0. The molecule has 1 aromatic heterocycles. The number of esters is 1. The number of carbonyl (C=O) groups excluding carboxylic acids is 1. The Morgan fingerprint density at radius 3 is 2.29 bits per heavy atom. The van der Waals surface area contributed by atoms with Crippen molar-refractivity contribution in [1.29, 1.82) is 0 Å². The largest absolute Gasteiger partial charge is 0.460 e. The lowest BCUT2D eigenvalue weighted by molar-refractivity contribution is -0.157. The summed E-state index contributed by atoms with van der Waals surface area (Å²) in [4.78, 5) is 22.8. The number of rotatable bonds is 6. The predicted molar refractivity (Wildman–Crippen MR) is 171 cm³/mol. The van der Waals surface area contributed by atoms with Gasteiger partial charge in [-0.15, -0.1) is 0 Å². The third-order valence-corrected chi connectivity index (χ3v) is 10.0. The molecule has 5 rings (SSSR count). The van der Waals surface area contributed by atoms with Crippen molar-refractivity contribution < 1.29 is 14.3 Å². The van der Waals surface area contributed by atoms with E-state index in [1.165, 1.54) is 29.5 Å². The van der Waals surface area contributed by atoms with Crippen LogP contribution in [0.4, 0.5) is 5.82 Å². The van der Waals surface area contributed by atoms with Gasteiger partial charge in [0.2, 0.25) is 0 Å². The van der Waals surface area contributed by atoms with Crippen LogP contribution in [0.15, 0.2) is 36.4 Å². The Bertz CT molecular complexity index is 1280. The van der Waals surface area contributed by atoms with Crippen molar-refractivity contribution in [3.63, 3.8) is 0 Å². The van der Waals surface area contributed by atoms with E-state index in [2.05, 4.69) is 87.7 Å². The van der Waals surface area contributed by atoms with Crippen LogP contribution in [-0.4, -0.2) is 66.4 Å². The molecule has 6 heteroatoms. The normalized spacial score (nSPS) is 25.2. The summed E-state index contributed by atoms with van der Waals surface area (Å²) in [5.41, 5.74) is 4.82. The molecular formula is C36H53N3O3. The second-order valence-electron chi connectivity index (χ2n) is 15.8. The van der Waals surface area contributed by atoms with Crippen molar-refractivity contribution in [1.82, 2.24) is 9.88 Å². The fourth-order valence-corrected chi connectivity index (χ4v) is 7.27. The zero-order valence-electron chi connectivity index (χ0n) is 27.5. The van der Waals surface area contributed by atoms with E-state index in [1.807, 2.05) is 20.8 Å². The van der Waals surface area contributed by atoms with Gasteiger partial charge >= 0.3 is 5.97 Å². The topological polar surface area (TPSA) is 54.9 Å². The van der Waals surface area contributed by atoms with Crippen LogP contribution in [-0.2, 0) is 25.1 Å². The van der Waals surface area contributed by atoms with Gasteiger partial charge in [0.25, 0.3) is 0 Å². The van der Waals surface area contributed by atoms with Crippen LogP contribution < -0.4 is 4.90 Å². The van der Waals surface area contributed by atoms with Crippen molar-refractivity contribution in [2.75, 3.05) is 44.2 Å². The number of benzene rings is 1. The van der Waals surface area contributed by atoms with Crippen LogP contribution in [0.2, 0.25) is 0 Å². The molecule has 2 saturated heterocycles. The second kappa shape index (κ2) is 11.2. The van der Waals surface area contributed by atoms with Crippen LogP contribution in [0.1, 0.15) is 92.7 Å². The zero-order chi connectivity index (χ0) is 30.5. The van der Waals surface area contributed by atoms with Gasteiger partial charge < -0.3 is 14.4 Å². The Balaban J connectivity index is 1.23. The van der Waals surface area contributed by atoms with E-state index in [0.717, 1.165) is 44.2 Å². The molecule has 3 aliphatic rings. The monoisotopic (exact) mass is 575 g/mol. The Hall–Kier alpha value is -2.44. The van der Waals surface area contributed by atoms with E-state index in [9.17, 15) is 4.79 Å². The van der Waals surface area contributed by atoms with Crippen molar-refractivity contribution in [3.05, 3.63) is 47.5 Å². The smallest absolute Gasteiger partial charge is 0.306 e. The van der Waals surface area contributed by atoms with E-state index >= 15 is 0 Å². The highest BCUT2D eigenvalue weighted by molar-refractivity contribution is 5.70. The fourth-order valence-electron chi connectivity index (χ4n) is 7.27. The fraction of sp³-hybridized carbons (Fsp3) is 0.667. The molecule has 6 nitrogen and oxygen atoms in total. The number of hydrogen-bond donors (Lipinski definition) is 0. The molecular weight excluding hydrogens is 522 g/mol. The lowest BCUT2D eigenvalue weighted by Gasteiger charge is -2.42. The van der Waals surface area contributed by atoms with Gasteiger partial charge in [-0.1, -0.05) is 45.9 Å². The van der Waals surface area contributed by atoms with Gasteiger partial charge in [-0.25, -0.2) is 4.98 Å². The molecule has 3 heterocycles. The van der Waals surface area contributed by atoms with Crippen molar-refractivity contribution in [2.24, 2.45) is 11.8 Å². The molecule has 2 fully saturated rings. The molecule has 1 aliphatic carbocycles. The quantitative estimate of drug-likeness (QED) is 0.346. The lowest BCUT2D eigenvalue weighted by atomic mass is 9.63. The third kappa shape index (κ3) is 6.70. The molecule has 2 aliphatic heterocycles. The van der Waals surface area contributed by atoms with Gasteiger partial charge in [0.1, 0.15) is 11.4 Å². The SMILES string of the molecule is CC(C)(C)OC(=O)CC1C(CN2CCN(c3cccc(-c4ccc5c(c4)C(C)(C)CCC5(C)C)n3)CC2)COC1(C)C. The van der Waals surface area contributed by atoms with Crippen LogP contribution in [0.5, 0.6) is 0 Å². The summed E-state index contributed by atoms with van der Waals surface area (Å²) < 4.78 is 11.8. The van der Waals surface area contributed by atoms with E-state index in [4.69, 9.17) is 14.5 Å². The molecule has 0 saturated carbocycles. The van der Waals surface area contributed by atoms with Crippen LogP contribution in [0.3, 0.4) is 0 Å².